The van der Waals surface area contributed by atoms with Gasteiger partial charge in [0.1, 0.15) is 5.57 Å². The largest absolute Gasteiger partial charge is 0.342 e. The SMILES string of the molecule is CN1C(=O)C(=Cc2cn(Cc3ccc([N+](=O)[O-])cc3)c3ccccc23)C(=O)N(C)C1=O. The molecule has 1 fully saturated rings. The third-order valence-corrected chi connectivity index (χ3v) is 5.26. The average molecular weight is 418 g/mol. The highest BCUT2D eigenvalue weighted by molar-refractivity contribution is 6.31. The molecule has 0 atom stereocenters. The van der Waals surface area contributed by atoms with Crippen molar-refractivity contribution in [2.45, 2.75) is 6.54 Å². The number of barbiturate groups is 1. The number of nitro benzene ring substituents is 1. The van der Waals surface area contributed by atoms with Crippen molar-refractivity contribution in [3.63, 3.8) is 0 Å². The lowest BCUT2D eigenvalue weighted by Gasteiger charge is -2.28. The molecule has 0 unspecified atom stereocenters. The van der Waals surface area contributed by atoms with Crippen LogP contribution in [0.3, 0.4) is 0 Å². The summed E-state index contributed by atoms with van der Waals surface area (Å²) >= 11 is 0. The Morgan fingerprint density at radius 3 is 2.16 bits per heavy atom. The molecule has 31 heavy (non-hydrogen) atoms. The zero-order chi connectivity index (χ0) is 22.3. The van der Waals surface area contributed by atoms with E-state index in [2.05, 4.69) is 0 Å². The smallest absolute Gasteiger partial charge is 0.333 e. The van der Waals surface area contributed by atoms with Gasteiger partial charge in [-0.3, -0.25) is 29.5 Å². The van der Waals surface area contributed by atoms with E-state index in [0.717, 1.165) is 26.3 Å². The van der Waals surface area contributed by atoms with E-state index in [-0.39, 0.29) is 11.3 Å². The van der Waals surface area contributed by atoms with Crippen LogP contribution in [0.25, 0.3) is 17.0 Å². The van der Waals surface area contributed by atoms with E-state index >= 15 is 0 Å². The summed E-state index contributed by atoms with van der Waals surface area (Å²) in [5.74, 6) is -1.30. The van der Waals surface area contributed by atoms with Crippen LogP contribution in [-0.4, -0.2) is 51.2 Å². The summed E-state index contributed by atoms with van der Waals surface area (Å²) in [4.78, 5) is 49.3. The zero-order valence-corrected chi connectivity index (χ0v) is 16.8. The first-order valence-electron chi connectivity index (χ1n) is 9.41. The Morgan fingerprint density at radius 1 is 0.935 bits per heavy atom. The van der Waals surface area contributed by atoms with Gasteiger partial charge in [-0.1, -0.05) is 30.3 Å². The lowest BCUT2D eigenvalue weighted by Crippen LogP contribution is -2.52. The Balaban J connectivity index is 1.76. The average Bonchev–Trinajstić information content (AvgIpc) is 3.11. The first kappa shape index (κ1) is 20.0. The molecule has 156 valence electrons. The van der Waals surface area contributed by atoms with E-state index in [9.17, 15) is 24.5 Å². The van der Waals surface area contributed by atoms with Gasteiger partial charge in [0.15, 0.2) is 0 Å². The fraction of sp³-hybridized carbons (Fsp3) is 0.136. The molecule has 1 saturated heterocycles. The summed E-state index contributed by atoms with van der Waals surface area (Å²) in [5, 5.41) is 11.7. The maximum atomic E-state index is 12.5. The van der Waals surface area contributed by atoms with Crippen LogP contribution in [0.4, 0.5) is 10.5 Å². The van der Waals surface area contributed by atoms with E-state index in [1.165, 1.54) is 32.3 Å². The summed E-state index contributed by atoms with van der Waals surface area (Å²) in [6.45, 7) is 0.446. The number of carbonyl (C=O) groups is 3. The van der Waals surface area contributed by atoms with Gasteiger partial charge < -0.3 is 4.57 Å². The van der Waals surface area contributed by atoms with E-state index in [4.69, 9.17) is 0 Å². The molecule has 1 aromatic heterocycles. The molecule has 1 aliphatic rings. The van der Waals surface area contributed by atoms with Gasteiger partial charge >= 0.3 is 6.03 Å². The molecule has 0 spiro atoms. The highest BCUT2D eigenvalue weighted by Crippen LogP contribution is 2.27. The van der Waals surface area contributed by atoms with Crippen molar-refractivity contribution in [2.24, 2.45) is 0 Å². The lowest BCUT2D eigenvalue weighted by molar-refractivity contribution is -0.384. The monoisotopic (exact) mass is 418 g/mol. The number of hydrogen-bond donors (Lipinski definition) is 0. The van der Waals surface area contributed by atoms with E-state index < -0.39 is 22.8 Å². The molecule has 0 bridgehead atoms. The normalized spacial score (nSPS) is 14.5. The number of nitro groups is 1. The third-order valence-electron chi connectivity index (χ3n) is 5.26. The van der Waals surface area contributed by atoms with Gasteiger partial charge in [0.25, 0.3) is 17.5 Å². The van der Waals surface area contributed by atoms with Gasteiger partial charge in [0.05, 0.1) is 4.92 Å². The molecule has 4 amide bonds. The highest BCUT2D eigenvalue weighted by atomic mass is 16.6. The molecule has 2 aromatic carbocycles. The number of likely N-dealkylation sites (N-methyl/N-ethyl adjacent to an activating group) is 2. The number of rotatable bonds is 4. The second-order valence-electron chi connectivity index (χ2n) is 7.22. The second-order valence-corrected chi connectivity index (χ2v) is 7.22. The number of hydrogen-bond acceptors (Lipinski definition) is 5. The van der Waals surface area contributed by atoms with Crippen molar-refractivity contribution < 1.29 is 19.3 Å². The Hall–Kier alpha value is -4.27. The zero-order valence-electron chi connectivity index (χ0n) is 16.8. The Kier molecular flexibility index (Phi) is 4.86. The number of aromatic nitrogens is 1. The number of imide groups is 2. The number of non-ortho nitro benzene ring substituents is 1. The predicted octanol–water partition coefficient (Wildman–Crippen LogP) is 3.03. The molecule has 9 heteroatoms. The lowest BCUT2D eigenvalue weighted by atomic mass is 10.1. The van der Waals surface area contributed by atoms with Crippen LogP contribution in [0.1, 0.15) is 11.1 Å². The number of carbonyl (C=O) groups excluding carboxylic acids is 3. The topological polar surface area (TPSA) is 106 Å². The van der Waals surface area contributed by atoms with Gasteiger partial charge in [-0.15, -0.1) is 0 Å². The molecular formula is C22H18N4O5. The minimum Gasteiger partial charge on any atom is -0.342 e. The van der Waals surface area contributed by atoms with Crippen molar-refractivity contribution in [3.8, 4) is 0 Å². The van der Waals surface area contributed by atoms with Crippen molar-refractivity contribution in [1.29, 1.82) is 0 Å². The van der Waals surface area contributed by atoms with Crippen molar-refractivity contribution in [2.75, 3.05) is 14.1 Å². The minimum absolute atomic E-state index is 0.0173. The molecule has 4 rings (SSSR count). The maximum absolute atomic E-state index is 12.5. The number of urea groups is 1. The molecule has 0 saturated carbocycles. The van der Waals surface area contributed by atoms with Gasteiger partial charge in [-0.2, -0.15) is 0 Å². The Morgan fingerprint density at radius 2 is 1.55 bits per heavy atom. The summed E-state index contributed by atoms with van der Waals surface area (Å²) in [7, 11) is 2.67. The van der Waals surface area contributed by atoms with Crippen LogP contribution >= 0.6 is 0 Å². The number of benzene rings is 2. The van der Waals surface area contributed by atoms with E-state index in [1.54, 1.807) is 12.1 Å². The van der Waals surface area contributed by atoms with Crippen LogP contribution in [0.5, 0.6) is 0 Å². The fourth-order valence-electron chi connectivity index (χ4n) is 3.57. The second kappa shape index (κ2) is 7.52. The summed E-state index contributed by atoms with van der Waals surface area (Å²) in [6.07, 6.45) is 3.31. The van der Waals surface area contributed by atoms with Crippen molar-refractivity contribution in [1.82, 2.24) is 14.4 Å². The molecule has 0 N–H and O–H groups in total. The number of para-hydroxylation sites is 1. The van der Waals surface area contributed by atoms with Gasteiger partial charge in [0, 0.05) is 55.4 Å². The number of fused-ring (bicyclic) bond motifs is 1. The summed E-state index contributed by atoms with van der Waals surface area (Å²) in [6, 6.07) is 13.1. The van der Waals surface area contributed by atoms with E-state index in [1.807, 2.05) is 35.0 Å². The number of amides is 4. The summed E-state index contributed by atoms with van der Waals surface area (Å²) < 4.78 is 1.94. The quantitative estimate of drug-likeness (QED) is 0.280. The maximum Gasteiger partial charge on any atom is 0.333 e. The minimum atomic E-state index is -0.673. The van der Waals surface area contributed by atoms with Crippen LogP contribution in [0.15, 0.2) is 60.3 Å². The number of nitrogens with zero attached hydrogens (tertiary/aromatic N) is 4. The molecule has 2 heterocycles. The first-order valence-corrected chi connectivity index (χ1v) is 9.41. The van der Waals surface area contributed by atoms with Crippen LogP contribution < -0.4 is 0 Å². The summed E-state index contributed by atoms with van der Waals surface area (Å²) in [5.41, 5.74) is 2.32. The molecule has 3 aromatic rings. The highest BCUT2D eigenvalue weighted by Gasteiger charge is 2.37. The van der Waals surface area contributed by atoms with Gasteiger partial charge in [0.2, 0.25) is 0 Å². The van der Waals surface area contributed by atoms with Gasteiger partial charge in [-0.05, 0) is 17.7 Å². The standard InChI is InChI=1S/C22H18N4O5/c1-23-20(27)18(21(28)24(2)22(23)29)11-15-13-25(19-6-4-3-5-17(15)19)12-14-7-9-16(10-8-14)26(30)31/h3-11,13H,12H2,1-2H3. The fourth-order valence-corrected chi connectivity index (χ4v) is 3.57. The molecule has 0 aliphatic carbocycles. The van der Waals surface area contributed by atoms with E-state index in [0.29, 0.717) is 12.1 Å². The van der Waals surface area contributed by atoms with Crippen LogP contribution in [-0.2, 0) is 16.1 Å². The van der Waals surface area contributed by atoms with Gasteiger partial charge in [-0.25, -0.2) is 4.79 Å². The predicted molar refractivity (Wildman–Crippen MR) is 113 cm³/mol. The molecule has 0 radical (unpaired) electrons. The Bertz CT molecular complexity index is 1250. The van der Waals surface area contributed by atoms with Crippen LogP contribution in [0.2, 0.25) is 0 Å². The third kappa shape index (κ3) is 3.46. The Labute approximate surface area is 176 Å². The molecule has 9 nitrogen and oxygen atoms in total. The van der Waals surface area contributed by atoms with Crippen molar-refractivity contribution >= 4 is 40.5 Å². The molecular weight excluding hydrogens is 400 g/mol. The molecule has 1 aliphatic heterocycles. The van der Waals surface area contributed by atoms with Crippen LogP contribution in [0, 0.1) is 10.1 Å². The first-order chi connectivity index (χ1) is 14.8. The van der Waals surface area contributed by atoms with Crippen molar-refractivity contribution in [3.05, 3.63) is 81.5 Å².